The fourth-order valence-electron chi connectivity index (χ4n) is 2.62. The fraction of sp³-hybridized carbons (Fsp3) is 0.944. The molecule has 0 aromatic rings. The second kappa shape index (κ2) is 16.7. The van der Waals surface area contributed by atoms with Crippen LogP contribution in [0.25, 0.3) is 0 Å². The van der Waals surface area contributed by atoms with Crippen molar-refractivity contribution < 1.29 is 4.79 Å². The number of hydrogen-bond acceptors (Lipinski definition) is 2. The van der Waals surface area contributed by atoms with Crippen LogP contribution in [-0.4, -0.2) is 12.3 Å². The van der Waals surface area contributed by atoms with Gasteiger partial charge in [-0.05, 0) is 6.42 Å². The lowest BCUT2D eigenvalue weighted by molar-refractivity contribution is -0.117. The van der Waals surface area contributed by atoms with E-state index in [2.05, 4.69) is 6.92 Å². The Morgan fingerprint density at radius 1 is 0.650 bits per heavy atom. The fourth-order valence-corrected chi connectivity index (χ4v) is 2.62. The Kier molecular flexibility index (Phi) is 16.4. The van der Waals surface area contributed by atoms with Crippen molar-refractivity contribution in [2.75, 3.05) is 6.54 Å². The van der Waals surface area contributed by atoms with Crippen molar-refractivity contribution in [3.05, 3.63) is 0 Å². The van der Waals surface area contributed by atoms with Gasteiger partial charge in [-0.25, -0.2) is 0 Å². The molecular formula is C18H37NO. The molecule has 0 bridgehead atoms. The van der Waals surface area contributed by atoms with Crippen LogP contribution in [0.4, 0.5) is 0 Å². The zero-order chi connectivity index (χ0) is 14.9. The lowest BCUT2D eigenvalue weighted by Gasteiger charge is -2.03. The number of nitrogens with two attached hydrogens (primary N) is 1. The number of hydrogen-bond donors (Lipinski definition) is 1. The molecule has 0 fully saturated rings. The van der Waals surface area contributed by atoms with Crippen molar-refractivity contribution in [3.8, 4) is 0 Å². The van der Waals surface area contributed by atoms with Gasteiger partial charge >= 0.3 is 0 Å². The Morgan fingerprint density at radius 2 is 1.00 bits per heavy atom. The van der Waals surface area contributed by atoms with Crippen molar-refractivity contribution in [1.29, 1.82) is 0 Å². The average molecular weight is 283 g/mol. The standard InChI is InChI=1S/C18H37NO/c1-2-3-4-5-6-7-8-9-10-11-12-13-14-15-16-18(20)17-19/h2-17,19H2,1H3. The number of unbranched alkanes of at least 4 members (excludes halogenated alkanes) is 13. The average Bonchev–Trinajstić information content (AvgIpc) is 2.47. The quantitative estimate of drug-likeness (QED) is 0.386. The molecule has 0 aliphatic heterocycles. The van der Waals surface area contributed by atoms with E-state index in [1.54, 1.807) is 0 Å². The maximum Gasteiger partial charge on any atom is 0.146 e. The van der Waals surface area contributed by atoms with E-state index in [0.29, 0.717) is 6.42 Å². The van der Waals surface area contributed by atoms with Gasteiger partial charge in [0.15, 0.2) is 0 Å². The van der Waals surface area contributed by atoms with Crippen LogP contribution in [0.5, 0.6) is 0 Å². The highest BCUT2D eigenvalue weighted by molar-refractivity contribution is 5.80. The third kappa shape index (κ3) is 15.7. The highest BCUT2D eigenvalue weighted by Crippen LogP contribution is 2.13. The Hall–Kier alpha value is -0.370. The van der Waals surface area contributed by atoms with Crippen LogP contribution in [0.1, 0.15) is 103 Å². The number of ketones is 1. The summed E-state index contributed by atoms with van der Waals surface area (Å²) in [5.74, 6) is 0.212. The van der Waals surface area contributed by atoms with E-state index in [9.17, 15) is 4.79 Å². The number of carbonyl (C=O) groups excluding carboxylic acids is 1. The van der Waals surface area contributed by atoms with E-state index < -0.39 is 0 Å². The summed E-state index contributed by atoms with van der Waals surface area (Å²) in [7, 11) is 0. The molecule has 0 radical (unpaired) electrons. The van der Waals surface area contributed by atoms with Gasteiger partial charge in [-0.15, -0.1) is 0 Å². The second-order valence-corrected chi connectivity index (χ2v) is 6.09. The van der Waals surface area contributed by atoms with Crippen LogP contribution in [0, 0.1) is 0 Å². The largest absolute Gasteiger partial charge is 0.324 e. The smallest absolute Gasteiger partial charge is 0.146 e. The summed E-state index contributed by atoms with van der Waals surface area (Å²) < 4.78 is 0. The maximum absolute atomic E-state index is 11.0. The van der Waals surface area contributed by atoms with E-state index in [1.165, 1.54) is 83.5 Å². The zero-order valence-corrected chi connectivity index (χ0v) is 13.8. The second-order valence-electron chi connectivity index (χ2n) is 6.09. The Bertz CT molecular complexity index is 204. The summed E-state index contributed by atoms with van der Waals surface area (Å²) in [4.78, 5) is 11.0. The van der Waals surface area contributed by atoms with E-state index in [-0.39, 0.29) is 12.3 Å². The third-order valence-corrected chi connectivity index (χ3v) is 4.04. The molecule has 0 aliphatic rings. The first-order chi connectivity index (χ1) is 9.81. The van der Waals surface area contributed by atoms with Crippen LogP contribution in [0.3, 0.4) is 0 Å². The SMILES string of the molecule is CCCCCCCCCCCCCCCCC(=O)CN. The summed E-state index contributed by atoms with van der Waals surface area (Å²) in [5, 5.41) is 0. The van der Waals surface area contributed by atoms with Gasteiger partial charge in [0.1, 0.15) is 5.78 Å². The highest BCUT2D eigenvalue weighted by Gasteiger charge is 1.98. The molecule has 120 valence electrons. The molecule has 0 heterocycles. The van der Waals surface area contributed by atoms with Crippen molar-refractivity contribution >= 4 is 5.78 Å². The molecule has 0 aromatic heterocycles. The topological polar surface area (TPSA) is 43.1 Å². The Morgan fingerprint density at radius 3 is 1.35 bits per heavy atom. The van der Waals surface area contributed by atoms with Gasteiger partial charge in [-0.2, -0.15) is 0 Å². The molecule has 0 unspecified atom stereocenters. The lowest BCUT2D eigenvalue weighted by atomic mass is 10.0. The van der Waals surface area contributed by atoms with Gasteiger partial charge in [0.2, 0.25) is 0 Å². The summed E-state index contributed by atoms with van der Waals surface area (Å²) in [6.45, 7) is 2.49. The maximum atomic E-state index is 11.0. The molecular weight excluding hydrogens is 246 g/mol. The Labute approximate surface area is 126 Å². The summed E-state index contributed by atoms with van der Waals surface area (Å²) in [6, 6.07) is 0. The summed E-state index contributed by atoms with van der Waals surface area (Å²) in [5.41, 5.74) is 5.28. The molecule has 2 N–H and O–H groups in total. The van der Waals surface area contributed by atoms with Crippen LogP contribution < -0.4 is 5.73 Å². The van der Waals surface area contributed by atoms with Crippen LogP contribution in [-0.2, 0) is 4.79 Å². The minimum atomic E-state index is 0.212. The molecule has 0 saturated carbocycles. The van der Waals surface area contributed by atoms with E-state index in [4.69, 9.17) is 5.73 Å². The molecule has 0 spiro atoms. The molecule has 0 saturated heterocycles. The third-order valence-electron chi connectivity index (χ3n) is 4.04. The first-order valence-corrected chi connectivity index (χ1v) is 9.03. The van der Waals surface area contributed by atoms with Crippen molar-refractivity contribution in [2.24, 2.45) is 5.73 Å². The van der Waals surface area contributed by atoms with Crippen molar-refractivity contribution in [3.63, 3.8) is 0 Å². The van der Waals surface area contributed by atoms with Gasteiger partial charge in [-0.1, -0.05) is 90.4 Å². The molecule has 2 nitrogen and oxygen atoms in total. The number of rotatable bonds is 16. The minimum Gasteiger partial charge on any atom is -0.324 e. The van der Waals surface area contributed by atoms with Crippen LogP contribution in [0.15, 0.2) is 0 Å². The van der Waals surface area contributed by atoms with Crippen LogP contribution in [0.2, 0.25) is 0 Å². The van der Waals surface area contributed by atoms with E-state index in [1.807, 2.05) is 0 Å². The van der Waals surface area contributed by atoms with Gasteiger partial charge in [0.05, 0.1) is 6.54 Å². The highest BCUT2D eigenvalue weighted by atomic mass is 16.1. The lowest BCUT2D eigenvalue weighted by Crippen LogP contribution is -2.12. The summed E-state index contributed by atoms with van der Waals surface area (Å²) in [6.07, 6.45) is 19.7. The molecule has 0 aliphatic carbocycles. The minimum absolute atomic E-state index is 0.212. The normalized spacial score (nSPS) is 10.9. The monoisotopic (exact) mass is 283 g/mol. The molecule has 2 heteroatoms. The number of carbonyl (C=O) groups is 1. The van der Waals surface area contributed by atoms with E-state index >= 15 is 0 Å². The molecule has 0 aromatic carbocycles. The Balaban J connectivity index is 2.97. The van der Waals surface area contributed by atoms with Crippen molar-refractivity contribution in [1.82, 2.24) is 0 Å². The zero-order valence-electron chi connectivity index (χ0n) is 13.8. The van der Waals surface area contributed by atoms with Gasteiger partial charge in [-0.3, -0.25) is 4.79 Å². The van der Waals surface area contributed by atoms with Gasteiger partial charge in [0, 0.05) is 6.42 Å². The molecule has 0 atom stereocenters. The first kappa shape index (κ1) is 19.6. The predicted molar refractivity (Wildman–Crippen MR) is 89.0 cm³/mol. The first-order valence-electron chi connectivity index (χ1n) is 9.03. The molecule has 20 heavy (non-hydrogen) atoms. The number of Topliss-reactive ketones (excluding diaryl/α,β-unsaturated/α-hetero) is 1. The molecule has 0 rings (SSSR count). The summed E-state index contributed by atoms with van der Waals surface area (Å²) >= 11 is 0. The van der Waals surface area contributed by atoms with Gasteiger partial charge < -0.3 is 5.73 Å². The molecule has 0 amide bonds. The van der Waals surface area contributed by atoms with Crippen molar-refractivity contribution in [2.45, 2.75) is 103 Å². The van der Waals surface area contributed by atoms with E-state index in [0.717, 1.165) is 6.42 Å². The van der Waals surface area contributed by atoms with Gasteiger partial charge in [0.25, 0.3) is 0 Å². The predicted octanol–water partition coefficient (Wildman–Crippen LogP) is 5.39. The van der Waals surface area contributed by atoms with Crippen LogP contribution >= 0.6 is 0 Å².